The number of carbonyl (C=O) groups excluding carboxylic acids is 2. The number of amides is 2. The van der Waals surface area contributed by atoms with Crippen LogP contribution in [0.15, 0.2) is 60.8 Å². The number of aromatic nitrogens is 2. The van der Waals surface area contributed by atoms with Crippen molar-refractivity contribution < 1.29 is 46.8 Å². The number of ether oxygens (including phenoxy) is 2. The summed E-state index contributed by atoms with van der Waals surface area (Å²) in [4.78, 5) is 35.4. The number of halogens is 4. The minimum atomic E-state index is -5.37. The van der Waals surface area contributed by atoms with E-state index in [1.54, 1.807) is 18.3 Å². The molecule has 2 aromatic carbocycles. The van der Waals surface area contributed by atoms with Crippen LogP contribution in [0.3, 0.4) is 0 Å². The minimum Gasteiger partial charge on any atom is -0.489 e. The van der Waals surface area contributed by atoms with Crippen molar-refractivity contribution in [1.29, 1.82) is 0 Å². The third-order valence-electron chi connectivity index (χ3n) is 9.24. The van der Waals surface area contributed by atoms with Gasteiger partial charge in [-0.2, -0.15) is 13.2 Å². The van der Waals surface area contributed by atoms with E-state index < -0.39 is 52.7 Å². The predicted molar refractivity (Wildman–Crippen MR) is 167 cm³/mol. The van der Waals surface area contributed by atoms with Crippen molar-refractivity contribution >= 4 is 22.7 Å². The molecule has 2 fully saturated rings. The number of nitrogens with zero attached hydrogens (tertiary/aromatic N) is 2. The summed E-state index contributed by atoms with van der Waals surface area (Å²) in [5.74, 6) is -1.84. The number of benzene rings is 2. The molecule has 3 aliphatic rings. The maximum Gasteiger partial charge on any atom is 0.424 e. The van der Waals surface area contributed by atoms with E-state index in [2.05, 4.69) is 20.6 Å². The highest BCUT2D eigenvalue weighted by Crippen LogP contribution is 2.48. The quantitative estimate of drug-likeness (QED) is 0.180. The number of alkyl halides is 3. The van der Waals surface area contributed by atoms with Crippen LogP contribution in [-0.4, -0.2) is 69.6 Å². The molecule has 3 heterocycles. The highest BCUT2D eigenvalue weighted by Gasteiger charge is 2.58. The predicted octanol–water partition coefficient (Wildman–Crippen LogP) is 4.45. The van der Waals surface area contributed by atoms with Gasteiger partial charge in [-0.25, -0.2) is 9.37 Å². The molecular formula is C35H32F4N4O6. The van der Waals surface area contributed by atoms with E-state index in [1.807, 2.05) is 0 Å². The number of fused-ring (bicyclic) bond motifs is 2. The molecule has 2 saturated carbocycles. The summed E-state index contributed by atoms with van der Waals surface area (Å²) in [7, 11) is 0. The van der Waals surface area contributed by atoms with Gasteiger partial charge in [0.2, 0.25) is 11.5 Å². The number of hydrogen-bond acceptors (Lipinski definition) is 8. The van der Waals surface area contributed by atoms with Gasteiger partial charge in [0.15, 0.2) is 0 Å². The standard InChI is InChI=1S/C35H32F4N4O6/c1-32(31(45)42-16-33(46)10-11-33)18-48-29-24(32)15-26(43-28(29)19-4-6-22(36)7-5-19)34(47,35(37,38)39)17-41-30(44)21-13-20-3-2-12-40-27(20)25(14-21)49-23-8-9-23/h2-7,12-15,23,46-47H,8-11,16-18H2,1H3,(H,41,44)(H,42,45)/t32-,34-/m0/s1. The molecule has 7 rings (SSSR count). The first-order valence-corrected chi connectivity index (χ1v) is 15.8. The van der Waals surface area contributed by atoms with Gasteiger partial charge in [0.1, 0.15) is 40.5 Å². The Hall–Kier alpha value is -4.82. The Morgan fingerprint density at radius 1 is 1.08 bits per heavy atom. The summed E-state index contributed by atoms with van der Waals surface area (Å²) in [5, 5.41) is 27.1. The Labute approximate surface area is 277 Å². The maximum absolute atomic E-state index is 15.0. The molecular weight excluding hydrogens is 648 g/mol. The molecule has 2 aliphatic carbocycles. The van der Waals surface area contributed by atoms with Gasteiger partial charge in [-0.15, -0.1) is 0 Å². The Morgan fingerprint density at radius 3 is 2.49 bits per heavy atom. The van der Waals surface area contributed by atoms with Gasteiger partial charge in [0.25, 0.3) is 5.91 Å². The first-order chi connectivity index (χ1) is 23.2. The monoisotopic (exact) mass is 680 g/mol. The zero-order valence-corrected chi connectivity index (χ0v) is 26.2. The lowest BCUT2D eigenvalue weighted by Crippen LogP contribution is -2.52. The van der Waals surface area contributed by atoms with E-state index in [0.717, 1.165) is 31.0 Å². The average Bonchev–Trinajstić information content (AvgIpc) is 4.01. The molecule has 0 bridgehead atoms. The molecule has 2 atom stereocenters. The van der Waals surface area contributed by atoms with Crippen molar-refractivity contribution in [2.45, 2.75) is 61.5 Å². The van der Waals surface area contributed by atoms with E-state index in [1.165, 1.54) is 31.2 Å². The molecule has 10 nitrogen and oxygen atoms in total. The molecule has 14 heteroatoms. The zero-order chi connectivity index (χ0) is 34.8. The first-order valence-electron chi connectivity index (χ1n) is 15.8. The van der Waals surface area contributed by atoms with E-state index in [9.17, 15) is 37.4 Å². The van der Waals surface area contributed by atoms with Gasteiger partial charge in [0.05, 0.1) is 23.9 Å². The smallest absolute Gasteiger partial charge is 0.424 e. The van der Waals surface area contributed by atoms with Crippen LogP contribution in [0, 0.1) is 5.82 Å². The fourth-order valence-electron chi connectivity index (χ4n) is 5.74. The van der Waals surface area contributed by atoms with Crippen LogP contribution < -0.4 is 20.1 Å². The molecule has 1 aliphatic heterocycles. The maximum atomic E-state index is 15.0. The fraction of sp³-hybridized carbons (Fsp3) is 0.371. The summed E-state index contributed by atoms with van der Waals surface area (Å²) in [6, 6.07) is 11.9. The van der Waals surface area contributed by atoms with Crippen LogP contribution >= 0.6 is 0 Å². The molecule has 0 spiro atoms. The number of pyridine rings is 2. The van der Waals surface area contributed by atoms with Gasteiger partial charge >= 0.3 is 6.18 Å². The lowest BCUT2D eigenvalue weighted by Gasteiger charge is -2.31. The molecule has 4 aromatic rings. The number of hydrogen-bond donors (Lipinski definition) is 4. The molecule has 49 heavy (non-hydrogen) atoms. The van der Waals surface area contributed by atoms with Gasteiger partial charge < -0.3 is 30.3 Å². The third kappa shape index (κ3) is 6.14. The van der Waals surface area contributed by atoms with Crippen LogP contribution in [0.2, 0.25) is 0 Å². The molecule has 0 saturated heterocycles. The summed E-state index contributed by atoms with van der Waals surface area (Å²) in [5.41, 5.74) is -6.78. The molecule has 2 amide bonds. The Balaban J connectivity index is 1.26. The summed E-state index contributed by atoms with van der Waals surface area (Å²) >= 11 is 0. The lowest BCUT2D eigenvalue weighted by atomic mass is 9.81. The van der Waals surface area contributed by atoms with Crippen LogP contribution in [-0.2, 0) is 15.8 Å². The Kier molecular flexibility index (Phi) is 7.78. The van der Waals surface area contributed by atoms with Crippen molar-refractivity contribution in [3.8, 4) is 22.8 Å². The molecule has 0 unspecified atom stereocenters. The van der Waals surface area contributed by atoms with Gasteiger partial charge in [0, 0.05) is 34.8 Å². The zero-order valence-electron chi connectivity index (χ0n) is 26.2. The fourth-order valence-corrected chi connectivity index (χ4v) is 5.74. The minimum absolute atomic E-state index is 0.00462. The Bertz CT molecular complexity index is 1960. The summed E-state index contributed by atoms with van der Waals surface area (Å²) in [6.07, 6.45) is -1.22. The highest BCUT2D eigenvalue weighted by molar-refractivity contribution is 6.00. The van der Waals surface area contributed by atoms with Gasteiger partial charge in [-0.1, -0.05) is 6.07 Å². The van der Waals surface area contributed by atoms with E-state index in [0.29, 0.717) is 29.5 Å². The van der Waals surface area contributed by atoms with Gasteiger partial charge in [-0.3, -0.25) is 14.6 Å². The second-order valence-corrected chi connectivity index (χ2v) is 13.2. The van der Waals surface area contributed by atoms with E-state index >= 15 is 0 Å². The molecule has 0 radical (unpaired) electrons. The van der Waals surface area contributed by atoms with Crippen LogP contribution in [0.5, 0.6) is 11.5 Å². The number of carbonyl (C=O) groups is 2. The van der Waals surface area contributed by atoms with Crippen molar-refractivity contribution in [2.24, 2.45) is 0 Å². The normalized spacial score (nSPS) is 20.6. The SMILES string of the molecule is C[C@]1(C(=O)NCC2(O)CC2)COc2c1cc([C@@](O)(CNC(=O)c1cc(OC3CC3)c3ncccc3c1)C(F)(F)F)nc2-c1ccc(F)cc1. The summed E-state index contributed by atoms with van der Waals surface area (Å²) in [6.45, 7) is -0.218. The van der Waals surface area contributed by atoms with Crippen LogP contribution in [0.4, 0.5) is 17.6 Å². The highest BCUT2D eigenvalue weighted by atomic mass is 19.4. The van der Waals surface area contributed by atoms with E-state index in [-0.39, 0.29) is 47.4 Å². The number of rotatable bonds is 10. The van der Waals surface area contributed by atoms with Gasteiger partial charge in [-0.05, 0) is 81.1 Å². The van der Waals surface area contributed by atoms with Crippen molar-refractivity contribution in [3.05, 3.63) is 83.4 Å². The topological polar surface area (TPSA) is 143 Å². The van der Waals surface area contributed by atoms with Crippen LogP contribution in [0.1, 0.15) is 54.2 Å². The average molecular weight is 681 g/mol. The molecule has 4 N–H and O–H groups in total. The number of nitrogens with one attached hydrogen (secondary N) is 2. The number of aliphatic hydroxyl groups is 2. The second-order valence-electron chi connectivity index (χ2n) is 13.2. The van der Waals surface area contributed by atoms with Crippen molar-refractivity contribution in [2.75, 3.05) is 19.7 Å². The molecule has 256 valence electrons. The van der Waals surface area contributed by atoms with E-state index in [4.69, 9.17) is 9.47 Å². The largest absolute Gasteiger partial charge is 0.489 e. The molecule has 2 aromatic heterocycles. The summed E-state index contributed by atoms with van der Waals surface area (Å²) < 4.78 is 70.5. The van der Waals surface area contributed by atoms with Crippen molar-refractivity contribution in [3.63, 3.8) is 0 Å². The third-order valence-corrected chi connectivity index (χ3v) is 9.24. The van der Waals surface area contributed by atoms with Crippen LogP contribution in [0.25, 0.3) is 22.2 Å². The lowest BCUT2D eigenvalue weighted by molar-refractivity contribution is -0.265. The second kappa shape index (κ2) is 11.7. The Morgan fingerprint density at radius 2 is 1.82 bits per heavy atom. The first kappa shape index (κ1) is 32.7. The van der Waals surface area contributed by atoms with Crippen molar-refractivity contribution in [1.82, 2.24) is 20.6 Å².